The Bertz CT molecular complexity index is 424. The maximum Gasteiger partial charge on any atom is 0.152 e. The van der Waals surface area contributed by atoms with Crippen molar-refractivity contribution in [2.24, 2.45) is 0 Å². The first kappa shape index (κ1) is 10.6. The van der Waals surface area contributed by atoms with Crippen LogP contribution in [0, 0.1) is 23.2 Å². The van der Waals surface area contributed by atoms with Crippen LogP contribution in [0.3, 0.4) is 0 Å². The van der Waals surface area contributed by atoms with Crippen LogP contribution < -0.4 is 5.19 Å². The molecule has 14 heavy (non-hydrogen) atoms. The lowest BCUT2D eigenvalue weighted by Crippen LogP contribution is -2.37. The van der Waals surface area contributed by atoms with Crippen molar-refractivity contribution in [1.29, 1.82) is 5.26 Å². The molecule has 0 bridgehead atoms. The van der Waals surface area contributed by atoms with Crippen LogP contribution in [0.1, 0.15) is 5.56 Å². The summed E-state index contributed by atoms with van der Waals surface area (Å²) in [6.07, 6.45) is 0. The normalized spacial score (nSPS) is 9.86. The van der Waals surface area contributed by atoms with Gasteiger partial charge in [0.25, 0.3) is 0 Å². The molecule has 0 spiro atoms. The van der Waals surface area contributed by atoms with Crippen LogP contribution in [0.2, 0.25) is 19.6 Å². The van der Waals surface area contributed by atoms with Gasteiger partial charge in [0.1, 0.15) is 0 Å². The van der Waals surface area contributed by atoms with E-state index >= 15 is 0 Å². The Morgan fingerprint density at radius 1 is 1.21 bits per heavy atom. The molecule has 0 radical (unpaired) electrons. The van der Waals surface area contributed by atoms with Crippen LogP contribution in [0.15, 0.2) is 24.3 Å². The number of rotatable bonds is 1. The average Bonchev–Trinajstić information content (AvgIpc) is 2.14. The molecule has 1 aromatic carbocycles. The molecule has 0 N–H and O–H groups in total. The molecule has 0 fully saturated rings. The van der Waals surface area contributed by atoms with Crippen molar-refractivity contribution < 1.29 is 0 Å². The molecule has 0 amide bonds. The zero-order chi connectivity index (χ0) is 10.6. The minimum atomic E-state index is -1.25. The first-order chi connectivity index (χ1) is 6.54. The number of hydrogen-bond donors (Lipinski definition) is 0. The highest BCUT2D eigenvalue weighted by atomic mass is 28.3. The lowest BCUT2D eigenvalue weighted by atomic mass is 10.2. The Labute approximate surface area is 86.4 Å². The van der Waals surface area contributed by atoms with Gasteiger partial charge in [0.2, 0.25) is 0 Å². The summed E-state index contributed by atoms with van der Waals surface area (Å²) in [7, 11) is -1.25. The van der Waals surface area contributed by atoms with E-state index in [-0.39, 0.29) is 0 Å². The lowest BCUT2D eigenvalue weighted by Gasteiger charge is -2.16. The molecular weight excluding hydrogens is 186 g/mol. The van der Waals surface area contributed by atoms with E-state index in [1.807, 2.05) is 18.2 Å². The van der Waals surface area contributed by atoms with E-state index in [1.165, 1.54) is 5.19 Å². The molecule has 0 saturated carbocycles. The number of benzene rings is 1. The second-order valence-corrected chi connectivity index (χ2v) is 9.27. The van der Waals surface area contributed by atoms with Crippen molar-refractivity contribution in [3.05, 3.63) is 29.8 Å². The minimum Gasteiger partial charge on any atom is -0.183 e. The van der Waals surface area contributed by atoms with Crippen molar-refractivity contribution in [3.63, 3.8) is 0 Å². The maximum atomic E-state index is 8.34. The summed E-state index contributed by atoms with van der Waals surface area (Å²) in [6, 6.07) is 10.0. The third-order valence-electron chi connectivity index (χ3n) is 1.99. The van der Waals surface area contributed by atoms with Gasteiger partial charge in [0, 0.05) is 11.5 Å². The predicted octanol–water partition coefficient (Wildman–Crippen LogP) is 2.11. The molecule has 0 aromatic heterocycles. The molecule has 1 aromatic rings. The summed E-state index contributed by atoms with van der Waals surface area (Å²) in [5, 5.41) is 9.72. The summed E-state index contributed by atoms with van der Waals surface area (Å²) >= 11 is 0. The second kappa shape index (κ2) is 4.13. The minimum absolute atomic E-state index is 0.937. The van der Waals surface area contributed by atoms with Gasteiger partial charge in [0.15, 0.2) is 6.07 Å². The van der Waals surface area contributed by atoms with Gasteiger partial charge in [0.05, 0.1) is 8.07 Å². The van der Waals surface area contributed by atoms with E-state index in [1.54, 1.807) is 0 Å². The summed E-state index contributed by atoms with van der Waals surface area (Å²) in [5.41, 5.74) is 0.937. The number of hydrogen-bond acceptors (Lipinski definition) is 1. The molecule has 1 rings (SSSR count). The molecule has 0 aliphatic carbocycles. The van der Waals surface area contributed by atoms with Crippen molar-refractivity contribution >= 4 is 13.3 Å². The van der Waals surface area contributed by atoms with Gasteiger partial charge in [-0.05, 0) is 12.1 Å². The second-order valence-electron chi connectivity index (χ2n) is 4.19. The maximum absolute atomic E-state index is 8.34. The summed E-state index contributed by atoms with van der Waals surface area (Å²) in [4.78, 5) is 0. The largest absolute Gasteiger partial charge is 0.183 e. The molecule has 2 heteroatoms. The van der Waals surface area contributed by atoms with Crippen LogP contribution in [0.4, 0.5) is 0 Å². The molecule has 0 saturated heterocycles. The van der Waals surface area contributed by atoms with Gasteiger partial charge in [-0.2, -0.15) is 5.26 Å². The first-order valence-corrected chi connectivity index (χ1v) is 8.04. The smallest absolute Gasteiger partial charge is 0.152 e. The quantitative estimate of drug-likeness (QED) is 0.502. The van der Waals surface area contributed by atoms with E-state index < -0.39 is 8.07 Å². The van der Waals surface area contributed by atoms with Gasteiger partial charge in [-0.3, -0.25) is 0 Å². The van der Waals surface area contributed by atoms with E-state index in [9.17, 15) is 0 Å². The third-order valence-corrected chi connectivity index (χ3v) is 4.03. The summed E-state index contributed by atoms with van der Waals surface area (Å²) in [5.74, 6) is 5.23. The standard InChI is InChI=1S/C12H13NSi/c1-14(2,3)12-8-4-6-11(10-12)7-5-9-13/h4,6,8,10H,1-3H3. The summed E-state index contributed by atoms with van der Waals surface area (Å²) < 4.78 is 0. The Morgan fingerprint density at radius 2 is 1.93 bits per heavy atom. The van der Waals surface area contributed by atoms with Gasteiger partial charge in [-0.1, -0.05) is 42.9 Å². The van der Waals surface area contributed by atoms with Crippen LogP contribution in [0.25, 0.3) is 0 Å². The number of nitrogens with zero attached hydrogens (tertiary/aromatic N) is 1. The fourth-order valence-corrected chi connectivity index (χ4v) is 2.35. The Balaban J connectivity index is 3.09. The van der Waals surface area contributed by atoms with Crippen LogP contribution in [0.5, 0.6) is 0 Å². The molecule has 0 atom stereocenters. The van der Waals surface area contributed by atoms with Gasteiger partial charge in [-0.15, -0.1) is 0 Å². The van der Waals surface area contributed by atoms with E-state index in [0.717, 1.165) is 5.56 Å². The topological polar surface area (TPSA) is 23.8 Å². The highest BCUT2D eigenvalue weighted by Crippen LogP contribution is 2.04. The molecule has 0 heterocycles. The highest BCUT2D eigenvalue weighted by molar-refractivity contribution is 6.88. The van der Waals surface area contributed by atoms with Crippen molar-refractivity contribution in [2.45, 2.75) is 19.6 Å². The van der Waals surface area contributed by atoms with Crippen LogP contribution in [-0.4, -0.2) is 8.07 Å². The zero-order valence-corrected chi connectivity index (χ0v) is 9.76. The van der Waals surface area contributed by atoms with Gasteiger partial charge in [-0.25, -0.2) is 0 Å². The van der Waals surface area contributed by atoms with Gasteiger partial charge < -0.3 is 0 Å². The zero-order valence-electron chi connectivity index (χ0n) is 8.76. The molecule has 1 nitrogen and oxygen atoms in total. The van der Waals surface area contributed by atoms with Crippen LogP contribution >= 0.6 is 0 Å². The molecule has 0 aliphatic rings. The van der Waals surface area contributed by atoms with Crippen molar-refractivity contribution in [3.8, 4) is 17.9 Å². The Hall–Kier alpha value is -1.51. The van der Waals surface area contributed by atoms with Gasteiger partial charge >= 0.3 is 0 Å². The van der Waals surface area contributed by atoms with Crippen molar-refractivity contribution in [1.82, 2.24) is 0 Å². The molecule has 70 valence electrons. The monoisotopic (exact) mass is 199 g/mol. The first-order valence-electron chi connectivity index (χ1n) is 4.54. The fraction of sp³-hybridized carbons (Fsp3) is 0.250. The molecular formula is C12H13NSi. The fourth-order valence-electron chi connectivity index (χ4n) is 1.16. The summed E-state index contributed by atoms with van der Waals surface area (Å²) in [6.45, 7) is 6.89. The molecule has 0 aliphatic heterocycles. The van der Waals surface area contributed by atoms with E-state index in [0.29, 0.717) is 0 Å². The SMILES string of the molecule is C[Si](C)(C)c1cccc(C#CC#N)c1. The Morgan fingerprint density at radius 3 is 2.50 bits per heavy atom. The predicted molar refractivity (Wildman–Crippen MR) is 61.9 cm³/mol. The third kappa shape index (κ3) is 2.76. The van der Waals surface area contributed by atoms with E-state index in [2.05, 4.69) is 43.6 Å². The van der Waals surface area contributed by atoms with Crippen molar-refractivity contribution in [2.75, 3.05) is 0 Å². The van der Waals surface area contributed by atoms with E-state index in [4.69, 9.17) is 5.26 Å². The molecule has 0 unspecified atom stereocenters. The lowest BCUT2D eigenvalue weighted by molar-refractivity contribution is 1.55. The van der Waals surface area contributed by atoms with Crippen LogP contribution in [-0.2, 0) is 0 Å². The Kier molecular flexibility index (Phi) is 3.12. The average molecular weight is 199 g/mol. The highest BCUT2D eigenvalue weighted by Gasteiger charge is 2.15. The number of nitriles is 1.